The SMILES string of the molecule is Oc1cc(Cl)ccc1-c1nnc(N[C@@H]2CCOC2)c2c1CC1(CC1)OC2. The number of aromatic hydroxyl groups is 1. The average Bonchev–Trinajstić information content (AvgIpc) is 3.16. The molecule has 1 saturated carbocycles. The number of halogens is 1. The van der Waals surface area contributed by atoms with E-state index in [4.69, 9.17) is 21.1 Å². The van der Waals surface area contributed by atoms with Crippen molar-refractivity contribution in [3.05, 3.63) is 34.3 Å². The van der Waals surface area contributed by atoms with Gasteiger partial charge in [-0.3, -0.25) is 0 Å². The molecule has 1 aromatic heterocycles. The first-order valence-corrected chi connectivity index (χ1v) is 9.37. The van der Waals surface area contributed by atoms with E-state index in [2.05, 4.69) is 15.5 Å². The van der Waals surface area contributed by atoms with Gasteiger partial charge in [-0.15, -0.1) is 10.2 Å². The standard InChI is InChI=1S/C19H20ClN3O3/c20-11-1-2-13(16(24)7-11)17-14-8-19(4-5-19)26-10-15(14)18(23-22-17)21-12-3-6-25-9-12/h1-2,7,12,24H,3-6,8-10H2,(H,21,23)/t12-/m1/s1. The van der Waals surface area contributed by atoms with Crippen LogP contribution in [0.5, 0.6) is 5.75 Å². The maximum Gasteiger partial charge on any atom is 0.154 e. The number of fused-ring (bicyclic) bond motifs is 1. The van der Waals surface area contributed by atoms with E-state index in [-0.39, 0.29) is 17.4 Å². The fourth-order valence-electron chi connectivity index (χ4n) is 3.79. The Hall–Kier alpha value is -1.89. The minimum atomic E-state index is -0.0550. The summed E-state index contributed by atoms with van der Waals surface area (Å²) in [5.41, 5.74) is 3.47. The van der Waals surface area contributed by atoms with Gasteiger partial charge in [-0.1, -0.05) is 11.6 Å². The van der Waals surface area contributed by atoms with Crippen LogP contribution in [0.4, 0.5) is 5.82 Å². The molecule has 1 aromatic carbocycles. The summed E-state index contributed by atoms with van der Waals surface area (Å²) in [6.07, 6.45) is 3.89. The topological polar surface area (TPSA) is 76.5 Å². The van der Waals surface area contributed by atoms with Crippen LogP contribution in [0.3, 0.4) is 0 Å². The first kappa shape index (κ1) is 16.3. The molecule has 26 heavy (non-hydrogen) atoms. The third kappa shape index (κ3) is 2.82. The molecule has 7 heteroatoms. The number of benzene rings is 1. The van der Waals surface area contributed by atoms with Crippen LogP contribution in [0.25, 0.3) is 11.3 Å². The Kier molecular flexibility index (Phi) is 3.81. The van der Waals surface area contributed by atoms with Gasteiger partial charge in [0.1, 0.15) is 11.4 Å². The highest BCUT2D eigenvalue weighted by molar-refractivity contribution is 6.30. The van der Waals surface area contributed by atoms with Gasteiger partial charge < -0.3 is 19.9 Å². The summed E-state index contributed by atoms with van der Waals surface area (Å²) in [7, 11) is 0. The van der Waals surface area contributed by atoms with Crippen LogP contribution in [0.2, 0.25) is 5.02 Å². The van der Waals surface area contributed by atoms with Gasteiger partial charge in [0.25, 0.3) is 0 Å². The molecule has 2 aromatic rings. The van der Waals surface area contributed by atoms with E-state index in [0.29, 0.717) is 23.8 Å². The Bertz CT molecular complexity index is 863. The van der Waals surface area contributed by atoms with E-state index >= 15 is 0 Å². The Labute approximate surface area is 156 Å². The van der Waals surface area contributed by atoms with Crippen LogP contribution in [0, 0.1) is 0 Å². The zero-order chi connectivity index (χ0) is 17.7. The maximum absolute atomic E-state index is 10.4. The molecule has 6 nitrogen and oxygen atoms in total. The number of rotatable bonds is 3. The second kappa shape index (κ2) is 6.08. The summed E-state index contributed by atoms with van der Waals surface area (Å²) in [5, 5.41) is 23.2. The molecule has 1 atom stereocenters. The summed E-state index contributed by atoms with van der Waals surface area (Å²) < 4.78 is 11.6. The first-order valence-electron chi connectivity index (χ1n) is 8.99. The maximum atomic E-state index is 10.4. The molecule has 0 amide bonds. The lowest BCUT2D eigenvalue weighted by Crippen LogP contribution is -2.28. The predicted octanol–water partition coefficient (Wildman–Crippen LogP) is 3.31. The second-order valence-electron chi connectivity index (χ2n) is 7.37. The molecule has 2 N–H and O–H groups in total. The lowest BCUT2D eigenvalue weighted by molar-refractivity contribution is 0.00832. The lowest BCUT2D eigenvalue weighted by atomic mass is 9.93. The molecule has 1 saturated heterocycles. The monoisotopic (exact) mass is 373 g/mol. The normalized spacial score (nSPS) is 23.0. The first-order chi connectivity index (χ1) is 12.6. The van der Waals surface area contributed by atoms with Gasteiger partial charge in [0.15, 0.2) is 5.82 Å². The Morgan fingerprint density at radius 1 is 1.23 bits per heavy atom. The van der Waals surface area contributed by atoms with E-state index in [1.807, 2.05) is 0 Å². The zero-order valence-corrected chi connectivity index (χ0v) is 15.1. The molecule has 2 fully saturated rings. The highest BCUT2D eigenvalue weighted by Crippen LogP contribution is 2.49. The summed E-state index contributed by atoms with van der Waals surface area (Å²) in [6, 6.07) is 5.35. The molecule has 0 bridgehead atoms. The van der Waals surface area contributed by atoms with Gasteiger partial charge >= 0.3 is 0 Å². The molecule has 2 aliphatic heterocycles. The Morgan fingerprint density at radius 2 is 2.12 bits per heavy atom. The van der Waals surface area contributed by atoms with E-state index in [1.165, 1.54) is 0 Å². The second-order valence-corrected chi connectivity index (χ2v) is 7.81. The number of nitrogens with one attached hydrogen (secondary N) is 1. The van der Waals surface area contributed by atoms with Gasteiger partial charge in [-0.2, -0.15) is 0 Å². The van der Waals surface area contributed by atoms with Crippen molar-refractivity contribution in [3.63, 3.8) is 0 Å². The van der Waals surface area contributed by atoms with Crippen molar-refractivity contribution in [1.29, 1.82) is 0 Å². The van der Waals surface area contributed by atoms with E-state index in [9.17, 15) is 5.11 Å². The van der Waals surface area contributed by atoms with Crippen LogP contribution in [0.15, 0.2) is 18.2 Å². The summed E-state index contributed by atoms with van der Waals surface area (Å²) in [4.78, 5) is 0. The van der Waals surface area contributed by atoms with Gasteiger partial charge in [0, 0.05) is 29.2 Å². The summed E-state index contributed by atoms with van der Waals surface area (Å²) in [5.74, 6) is 0.887. The summed E-state index contributed by atoms with van der Waals surface area (Å²) >= 11 is 5.99. The van der Waals surface area contributed by atoms with E-state index in [1.54, 1.807) is 18.2 Å². The Morgan fingerprint density at radius 3 is 2.85 bits per heavy atom. The summed E-state index contributed by atoms with van der Waals surface area (Å²) in [6.45, 7) is 1.96. The molecule has 0 radical (unpaired) electrons. The van der Waals surface area contributed by atoms with Gasteiger partial charge in [-0.05, 0) is 43.0 Å². The van der Waals surface area contributed by atoms with Crippen molar-refractivity contribution in [2.45, 2.75) is 43.9 Å². The lowest BCUT2D eigenvalue weighted by Gasteiger charge is -2.28. The van der Waals surface area contributed by atoms with Gasteiger partial charge in [-0.25, -0.2) is 0 Å². The molecule has 3 heterocycles. The number of phenols is 1. The third-order valence-corrected chi connectivity index (χ3v) is 5.74. The fourth-order valence-corrected chi connectivity index (χ4v) is 3.96. The van der Waals surface area contributed by atoms with Crippen molar-refractivity contribution in [2.75, 3.05) is 18.5 Å². The van der Waals surface area contributed by atoms with Crippen molar-refractivity contribution < 1.29 is 14.6 Å². The van der Waals surface area contributed by atoms with E-state index in [0.717, 1.165) is 54.9 Å². The van der Waals surface area contributed by atoms with E-state index < -0.39 is 0 Å². The molecular weight excluding hydrogens is 354 g/mol. The zero-order valence-electron chi connectivity index (χ0n) is 14.3. The quantitative estimate of drug-likeness (QED) is 0.859. The van der Waals surface area contributed by atoms with Gasteiger partial charge in [0.2, 0.25) is 0 Å². The number of aromatic nitrogens is 2. The number of phenolic OH excluding ortho intramolecular Hbond substituents is 1. The fraction of sp³-hybridized carbons (Fsp3) is 0.474. The molecular formula is C19H20ClN3O3. The van der Waals surface area contributed by atoms with Crippen LogP contribution < -0.4 is 5.32 Å². The minimum absolute atomic E-state index is 0.0550. The van der Waals surface area contributed by atoms with Crippen molar-refractivity contribution in [3.8, 4) is 17.0 Å². The number of hydrogen-bond donors (Lipinski definition) is 2. The number of ether oxygens (including phenoxy) is 2. The average molecular weight is 374 g/mol. The molecule has 136 valence electrons. The predicted molar refractivity (Wildman–Crippen MR) is 97.4 cm³/mol. The van der Waals surface area contributed by atoms with Crippen LogP contribution in [-0.4, -0.2) is 40.2 Å². The molecule has 0 unspecified atom stereocenters. The molecule has 5 rings (SSSR count). The van der Waals surface area contributed by atoms with Crippen LogP contribution in [-0.2, 0) is 22.5 Å². The van der Waals surface area contributed by atoms with Crippen molar-refractivity contribution >= 4 is 17.4 Å². The Balaban J connectivity index is 1.59. The highest BCUT2D eigenvalue weighted by Gasteiger charge is 2.48. The molecule has 1 spiro atoms. The van der Waals surface area contributed by atoms with Crippen LogP contribution >= 0.6 is 11.6 Å². The smallest absolute Gasteiger partial charge is 0.154 e. The largest absolute Gasteiger partial charge is 0.507 e. The number of anilines is 1. The number of nitrogens with zero attached hydrogens (tertiary/aromatic N) is 2. The van der Waals surface area contributed by atoms with Gasteiger partial charge in [0.05, 0.1) is 24.9 Å². The third-order valence-electron chi connectivity index (χ3n) is 5.50. The van der Waals surface area contributed by atoms with Crippen molar-refractivity contribution in [2.24, 2.45) is 0 Å². The highest BCUT2D eigenvalue weighted by atomic mass is 35.5. The van der Waals surface area contributed by atoms with Crippen LogP contribution in [0.1, 0.15) is 30.4 Å². The molecule has 1 aliphatic carbocycles. The minimum Gasteiger partial charge on any atom is -0.507 e. The molecule has 3 aliphatic rings. The number of hydrogen-bond acceptors (Lipinski definition) is 6. The van der Waals surface area contributed by atoms with Crippen molar-refractivity contribution in [1.82, 2.24) is 10.2 Å².